The quantitative estimate of drug-likeness (QED) is 0.591. The minimum Gasteiger partial charge on any atom is -0.459 e. The zero-order chi connectivity index (χ0) is 11.6. The molecule has 0 aromatic heterocycles. The molecule has 0 amide bonds. The second kappa shape index (κ2) is 4.81. The lowest BCUT2D eigenvalue weighted by Gasteiger charge is -2.08. The Hall–Kier alpha value is -0.800. The molecule has 0 atom stereocenters. The molecule has 0 spiro atoms. The van der Waals surface area contributed by atoms with Crippen LogP contribution in [0.4, 0.5) is 4.39 Å². The Balaban J connectivity index is 3.01. The molecule has 0 fully saturated rings. The van der Waals surface area contributed by atoms with E-state index in [0.717, 1.165) is 0 Å². The third-order valence-electron chi connectivity index (χ3n) is 1.56. The van der Waals surface area contributed by atoms with E-state index in [-0.39, 0.29) is 21.7 Å². The first-order chi connectivity index (χ1) is 6.91. The van der Waals surface area contributed by atoms with E-state index >= 15 is 0 Å². The predicted molar refractivity (Wildman–Crippen MR) is 57.0 cm³/mol. The molecule has 1 aromatic carbocycles. The summed E-state index contributed by atoms with van der Waals surface area (Å²) in [6.45, 7) is 3.43. The summed E-state index contributed by atoms with van der Waals surface area (Å²) in [5.41, 5.74) is 0.139. The van der Waals surface area contributed by atoms with E-state index in [2.05, 4.69) is 0 Å². The van der Waals surface area contributed by atoms with Crippen LogP contribution >= 0.6 is 23.2 Å². The number of rotatable bonds is 2. The highest BCUT2D eigenvalue weighted by molar-refractivity contribution is 6.35. The highest BCUT2D eigenvalue weighted by Crippen LogP contribution is 2.25. The zero-order valence-corrected chi connectivity index (χ0v) is 9.69. The van der Waals surface area contributed by atoms with E-state index in [0.29, 0.717) is 0 Å². The van der Waals surface area contributed by atoms with Crippen molar-refractivity contribution in [2.75, 3.05) is 0 Å². The molecule has 0 aliphatic carbocycles. The summed E-state index contributed by atoms with van der Waals surface area (Å²) < 4.78 is 17.9. The Kier molecular flexibility index (Phi) is 3.94. The monoisotopic (exact) mass is 250 g/mol. The second-order valence-electron chi connectivity index (χ2n) is 3.21. The van der Waals surface area contributed by atoms with Crippen molar-refractivity contribution in [3.05, 3.63) is 33.6 Å². The second-order valence-corrected chi connectivity index (χ2v) is 4.02. The molecule has 0 aliphatic heterocycles. The third kappa shape index (κ3) is 3.08. The van der Waals surface area contributed by atoms with Crippen LogP contribution in [0.15, 0.2) is 12.1 Å². The maximum atomic E-state index is 13.0. The Morgan fingerprint density at radius 3 is 2.20 bits per heavy atom. The summed E-state index contributed by atoms with van der Waals surface area (Å²) in [6, 6.07) is 2.38. The van der Waals surface area contributed by atoms with Gasteiger partial charge in [0, 0.05) is 0 Å². The van der Waals surface area contributed by atoms with Crippen LogP contribution in [0, 0.1) is 5.82 Å². The van der Waals surface area contributed by atoms with Gasteiger partial charge >= 0.3 is 5.97 Å². The molecule has 0 aliphatic rings. The summed E-state index contributed by atoms with van der Waals surface area (Å²) in [5.74, 6) is -1.31. The Bertz CT molecular complexity index is 368. The summed E-state index contributed by atoms with van der Waals surface area (Å²) in [4.78, 5) is 11.4. The van der Waals surface area contributed by atoms with Crippen molar-refractivity contribution >= 4 is 29.2 Å². The normalized spacial score (nSPS) is 10.5. The van der Waals surface area contributed by atoms with Crippen molar-refractivity contribution in [1.82, 2.24) is 0 Å². The molecule has 0 heterocycles. The maximum absolute atomic E-state index is 13.0. The topological polar surface area (TPSA) is 26.3 Å². The molecular weight excluding hydrogens is 242 g/mol. The summed E-state index contributed by atoms with van der Waals surface area (Å²) in [7, 11) is 0. The summed E-state index contributed by atoms with van der Waals surface area (Å²) in [6.07, 6.45) is -0.250. The molecule has 82 valence electrons. The molecule has 15 heavy (non-hydrogen) atoms. The van der Waals surface area contributed by atoms with E-state index in [4.69, 9.17) is 27.9 Å². The molecule has 2 nitrogen and oxygen atoms in total. The lowest BCUT2D eigenvalue weighted by molar-refractivity contribution is 0.0378. The van der Waals surface area contributed by atoms with Crippen LogP contribution in [0.5, 0.6) is 0 Å². The molecule has 1 aromatic rings. The molecular formula is C10H9Cl2FO2. The zero-order valence-electron chi connectivity index (χ0n) is 8.18. The van der Waals surface area contributed by atoms with Crippen molar-refractivity contribution < 1.29 is 13.9 Å². The van der Waals surface area contributed by atoms with Crippen LogP contribution in [-0.4, -0.2) is 12.1 Å². The van der Waals surface area contributed by atoms with Crippen molar-refractivity contribution in [2.45, 2.75) is 20.0 Å². The molecule has 1 rings (SSSR count). The first-order valence-corrected chi connectivity index (χ1v) is 5.03. The van der Waals surface area contributed by atoms with Crippen LogP contribution in [0.25, 0.3) is 0 Å². The molecule has 0 saturated heterocycles. The number of halogens is 3. The van der Waals surface area contributed by atoms with Crippen LogP contribution in [0.2, 0.25) is 10.0 Å². The van der Waals surface area contributed by atoms with Gasteiger partial charge in [-0.15, -0.1) is 0 Å². The van der Waals surface area contributed by atoms with E-state index in [9.17, 15) is 9.18 Å². The van der Waals surface area contributed by atoms with E-state index < -0.39 is 11.8 Å². The van der Waals surface area contributed by atoms with Gasteiger partial charge in [-0.2, -0.15) is 0 Å². The fraction of sp³-hybridized carbons (Fsp3) is 0.300. The van der Waals surface area contributed by atoms with Gasteiger partial charge in [0.1, 0.15) is 0 Å². The summed E-state index contributed by atoms with van der Waals surface area (Å²) >= 11 is 11.1. The molecule has 0 radical (unpaired) electrons. The van der Waals surface area contributed by atoms with Gasteiger partial charge in [0.15, 0.2) is 5.82 Å². The number of hydrogen-bond donors (Lipinski definition) is 0. The van der Waals surface area contributed by atoms with Crippen LogP contribution in [0.1, 0.15) is 24.2 Å². The highest BCUT2D eigenvalue weighted by Gasteiger charge is 2.14. The largest absolute Gasteiger partial charge is 0.459 e. The minimum absolute atomic E-state index is 0.139. The van der Waals surface area contributed by atoms with Gasteiger partial charge in [-0.25, -0.2) is 9.18 Å². The SMILES string of the molecule is CC(C)OC(=O)c1cc(Cl)c(F)c(Cl)c1. The van der Waals surface area contributed by atoms with Crippen molar-refractivity contribution in [3.63, 3.8) is 0 Å². The van der Waals surface area contributed by atoms with Crippen LogP contribution in [-0.2, 0) is 4.74 Å². The van der Waals surface area contributed by atoms with Gasteiger partial charge in [-0.1, -0.05) is 23.2 Å². The standard InChI is InChI=1S/C10H9Cl2FO2/c1-5(2)15-10(14)6-3-7(11)9(13)8(12)4-6/h3-5H,1-2H3. The number of benzene rings is 1. The fourth-order valence-corrected chi connectivity index (χ4v) is 1.44. The van der Waals surface area contributed by atoms with Gasteiger partial charge in [0.25, 0.3) is 0 Å². The Labute approximate surface area is 96.9 Å². The molecule has 0 unspecified atom stereocenters. The summed E-state index contributed by atoms with van der Waals surface area (Å²) in [5, 5.41) is -0.392. The van der Waals surface area contributed by atoms with Crippen molar-refractivity contribution in [1.29, 1.82) is 0 Å². The molecule has 0 bridgehead atoms. The number of carbonyl (C=O) groups excluding carboxylic acids is 1. The molecule has 5 heteroatoms. The lowest BCUT2D eigenvalue weighted by atomic mass is 10.2. The number of carbonyl (C=O) groups is 1. The number of esters is 1. The fourth-order valence-electron chi connectivity index (χ4n) is 0.955. The first kappa shape index (κ1) is 12.3. The predicted octanol–water partition coefficient (Wildman–Crippen LogP) is 3.70. The average Bonchev–Trinajstić information content (AvgIpc) is 2.12. The Morgan fingerprint density at radius 2 is 1.80 bits per heavy atom. The van der Waals surface area contributed by atoms with Crippen LogP contribution < -0.4 is 0 Å². The number of hydrogen-bond acceptors (Lipinski definition) is 2. The minimum atomic E-state index is -0.737. The van der Waals surface area contributed by atoms with Crippen molar-refractivity contribution in [2.24, 2.45) is 0 Å². The van der Waals surface area contributed by atoms with E-state index in [1.54, 1.807) is 13.8 Å². The van der Waals surface area contributed by atoms with E-state index in [1.165, 1.54) is 12.1 Å². The maximum Gasteiger partial charge on any atom is 0.338 e. The van der Waals surface area contributed by atoms with Crippen molar-refractivity contribution in [3.8, 4) is 0 Å². The van der Waals surface area contributed by atoms with E-state index in [1.807, 2.05) is 0 Å². The van der Waals surface area contributed by atoms with Gasteiger partial charge in [-0.3, -0.25) is 0 Å². The van der Waals surface area contributed by atoms with Crippen LogP contribution in [0.3, 0.4) is 0 Å². The number of ether oxygens (including phenoxy) is 1. The van der Waals surface area contributed by atoms with Gasteiger partial charge in [0.05, 0.1) is 21.7 Å². The van der Waals surface area contributed by atoms with Gasteiger partial charge in [0.2, 0.25) is 0 Å². The Morgan fingerprint density at radius 1 is 1.33 bits per heavy atom. The smallest absolute Gasteiger partial charge is 0.338 e. The molecule has 0 N–H and O–H groups in total. The third-order valence-corrected chi connectivity index (χ3v) is 2.11. The molecule has 0 saturated carbocycles. The average molecular weight is 251 g/mol. The lowest BCUT2D eigenvalue weighted by Crippen LogP contribution is -2.11. The van der Waals surface area contributed by atoms with Gasteiger partial charge in [-0.05, 0) is 26.0 Å². The first-order valence-electron chi connectivity index (χ1n) is 4.27. The highest BCUT2D eigenvalue weighted by atomic mass is 35.5. The van der Waals surface area contributed by atoms with Gasteiger partial charge < -0.3 is 4.74 Å².